The lowest BCUT2D eigenvalue weighted by atomic mass is 10.0. The zero-order valence-corrected chi connectivity index (χ0v) is 11.8. The highest BCUT2D eigenvalue weighted by atomic mass is 16.1. The number of pyridine rings is 1. The largest absolute Gasteiger partial charge is 0.319 e. The Hall–Kier alpha value is -1.42. The van der Waals surface area contributed by atoms with Crippen LogP contribution in [-0.4, -0.2) is 24.4 Å². The highest BCUT2D eigenvalue weighted by Crippen LogP contribution is 2.15. The second-order valence-electron chi connectivity index (χ2n) is 4.09. The molecule has 1 N–H and O–H groups in total. The zero-order chi connectivity index (χ0) is 14.0. The molecule has 0 bridgehead atoms. The molecule has 1 aromatic heterocycles. The summed E-state index contributed by atoms with van der Waals surface area (Å²) in [6, 6.07) is 5.44. The van der Waals surface area contributed by atoms with E-state index in [2.05, 4.69) is 12.2 Å². The maximum atomic E-state index is 11.4. The third-order valence-electron chi connectivity index (χ3n) is 2.75. The van der Waals surface area contributed by atoms with Gasteiger partial charge >= 0.3 is 0 Å². The summed E-state index contributed by atoms with van der Waals surface area (Å²) in [4.78, 5) is 20.6. The van der Waals surface area contributed by atoms with Crippen LogP contribution in [0.4, 0.5) is 0 Å². The molecule has 0 aliphatic rings. The molecule has 18 heavy (non-hydrogen) atoms. The third-order valence-corrected chi connectivity index (χ3v) is 2.75. The summed E-state index contributed by atoms with van der Waals surface area (Å²) in [6.07, 6.45) is 2.55. The van der Waals surface area contributed by atoms with Crippen LogP contribution in [0.25, 0.3) is 0 Å². The van der Waals surface area contributed by atoms with E-state index in [1.807, 2.05) is 33.2 Å². The van der Waals surface area contributed by atoms with Gasteiger partial charge in [0.1, 0.15) is 6.29 Å². The number of carbonyl (C=O) groups excluding carboxylic acids is 1. The van der Waals surface area contributed by atoms with E-state index in [0.717, 1.165) is 24.9 Å². The Kier molecular flexibility index (Phi) is 8.84. The van der Waals surface area contributed by atoms with Crippen molar-refractivity contribution in [3.63, 3.8) is 0 Å². The smallest absolute Gasteiger partial charge is 0.250 e. The molecule has 4 nitrogen and oxygen atoms in total. The van der Waals surface area contributed by atoms with Crippen LogP contribution in [0.1, 0.15) is 38.3 Å². The van der Waals surface area contributed by atoms with Crippen molar-refractivity contribution in [3.05, 3.63) is 34.2 Å². The molecule has 1 heterocycles. The highest BCUT2D eigenvalue weighted by Gasteiger charge is 2.10. The first-order valence-corrected chi connectivity index (χ1v) is 6.36. The molecule has 0 saturated heterocycles. The van der Waals surface area contributed by atoms with E-state index in [1.54, 1.807) is 10.6 Å². The monoisotopic (exact) mass is 252 g/mol. The number of aldehydes is 1. The first kappa shape index (κ1) is 16.6. The van der Waals surface area contributed by atoms with Gasteiger partial charge < -0.3 is 14.7 Å². The van der Waals surface area contributed by atoms with Gasteiger partial charge in [-0.2, -0.15) is 0 Å². The second kappa shape index (κ2) is 9.59. The predicted molar refractivity (Wildman–Crippen MR) is 75.0 cm³/mol. The predicted octanol–water partition coefficient (Wildman–Crippen LogP) is 1.69. The molecule has 0 aliphatic heterocycles. The lowest BCUT2D eigenvalue weighted by Crippen LogP contribution is -2.25. The minimum absolute atomic E-state index is 0.0667. The number of nitrogens with one attached hydrogen (secondary N) is 1. The van der Waals surface area contributed by atoms with Crippen LogP contribution in [0, 0.1) is 0 Å². The average molecular weight is 252 g/mol. The fourth-order valence-corrected chi connectivity index (χ4v) is 1.69. The second-order valence-corrected chi connectivity index (χ2v) is 4.09. The van der Waals surface area contributed by atoms with Gasteiger partial charge in [0.05, 0.1) is 0 Å². The summed E-state index contributed by atoms with van der Waals surface area (Å²) in [5, 5.41) is 3.15. The van der Waals surface area contributed by atoms with Crippen LogP contribution in [-0.2, 0) is 11.8 Å². The molecule has 0 aromatic carbocycles. The molecule has 102 valence electrons. The van der Waals surface area contributed by atoms with Crippen molar-refractivity contribution < 1.29 is 4.79 Å². The lowest BCUT2D eigenvalue weighted by molar-refractivity contribution is -0.107. The van der Waals surface area contributed by atoms with Crippen molar-refractivity contribution in [2.75, 3.05) is 13.6 Å². The summed E-state index contributed by atoms with van der Waals surface area (Å²) < 4.78 is 1.73. The Morgan fingerprint density at radius 3 is 2.44 bits per heavy atom. The van der Waals surface area contributed by atoms with Crippen LogP contribution >= 0.6 is 0 Å². The molecule has 0 fully saturated rings. The molecule has 0 saturated carbocycles. The number of carbonyl (C=O) groups is 1. The van der Waals surface area contributed by atoms with Crippen LogP contribution in [0.5, 0.6) is 0 Å². The van der Waals surface area contributed by atoms with Crippen molar-refractivity contribution in [3.8, 4) is 0 Å². The normalized spacial score (nSPS) is 11.3. The van der Waals surface area contributed by atoms with Gasteiger partial charge in [-0.15, -0.1) is 0 Å². The van der Waals surface area contributed by atoms with Crippen molar-refractivity contribution >= 4 is 6.29 Å². The van der Waals surface area contributed by atoms with Gasteiger partial charge in [-0.25, -0.2) is 0 Å². The van der Waals surface area contributed by atoms with Gasteiger partial charge in [-0.1, -0.05) is 19.9 Å². The first-order chi connectivity index (χ1) is 8.62. The van der Waals surface area contributed by atoms with Crippen LogP contribution in [0.3, 0.4) is 0 Å². The number of aromatic nitrogens is 1. The van der Waals surface area contributed by atoms with E-state index in [4.69, 9.17) is 0 Å². The van der Waals surface area contributed by atoms with E-state index in [9.17, 15) is 9.59 Å². The van der Waals surface area contributed by atoms with Crippen molar-refractivity contribution in [1.29, 1.82) is 0 Å². The Labute approximate surface area is 109 Å². The molecule has 1 unspecified atom stereocenters. The summed E-state index contributed by atoms with van der Waals surface area (Å²) >= 11 is 0. The molecule has 0 radical (unpaired) electrons. The van der Waals surface area contributed by atoms with Crippen molar-refractivity contribution in [2.45, 2.75) is 32.6 Å². The fraction of sp³-hybridized carbons (Fsp3) is 0.571. The van der Waals surface area contributed by atoms with Crippen molar-refractivity contribution in [1.82, 2.24) is 9.88 Å². The molecule has 1 rings (SSSR count). The Morgan fingerprint density at radius 1 is 1.39 bits per heavy atom. The quantitative estimate of drug-likeness (QED) is 0.811. The number of nitrogens with zero attached hydrogens (tertiary/aromatic N) is 1. The van der Waals surface area contributed by atoms with Crippen LogP contribution in [0.15, 0.2) is 23.0 Å². The zero-order valence-electron chi connectivity index (χ0n) is 11.8. The van der Waals surface area contributed by atoms with Gasteiger partial charge in [0.25, 0.3) is 0 Å². The molecular weight excluding hydrogens is 228 g/mol. The SMILES string of the molecule is CCC(CNC)c1cccc(=O)n1C.CCC=O. The fourth-order valence-electron chi connectivity index (χ4n) is 1.69. The molecule has 0 spiro atoms. The van der Waals surface area contributed by atoms with E-state index in [0.29, 0.717) is 12.3 Å². The third kappa shape index (κ3) is 5.27. The van der Waals surface area contributed by atoms with Crippen LogP contribution in [0.2, 0.25) is 0 Å². The molecular formula is C14H24N2O2. The van der Waals surface area contributed by atoms with Crippen molar-refractivity contribution in [2.24, 2.45) is 7.05 Å². The minimum atomic E-state index is 0.0667. The summed E-state index contributed by atoms with van der Waals surface area (Å²) in [6.45, 7) is 4.86. The molecule has 1 aromatic rings. The molecule has 0 aliphatic carbocycles. The van der Waals surface area contributed by atoms with Gasteiger partial charge in [0, 0.05) is 37.7 Å². The molecule has 0 amide bonds. The maximum absolute atomic E-state index is 11.4. The topological polar surface area (TPSA) is 51.1 Å². The van der Waals surface area contributed by atoms with Gasteiger partial charge in [0.15, 0.2) is 0 Å². The summed E-state index contributed by atoms with van der Waals surface area (Å²) in [7, 11) is 3.76. The van der Waals surface area contributed by atoms with E-state index < -0.39 is 0 Å². The number of hydrogen-bond donors (Lipinski definition) is 1. The Bertz CT molecular complexity index is 399. The maximum Gasteiger partial charge on any atom is 0.250 e. The van der Waals surface area contributed by atoms with Gasteiger partial charge in [-0.05, 0) is 19.5 Å². The number of likely N-dealkylation sites (N-methyl/N-ethyl adjacent to an activating group) is 1. The lowest BCUT2D eigenvalue weighted by Gasteiger charge is -2.17. The van der Waals surface area contributed by atoms with Gasteiger partial charge in [0.2, 0.25) is 5.56 Å². The average Bonchev–Trinajstić information content (AvgIpc) is 2.40. The summed E-state index contributed by atoms with van der Waals surface area (Å²) in [5.41, 5.74) is 1.17. The minimum Gasteiger partial charge on any atom is -0.319 e. The van der Waals surface area contributed by atoms with Crippen LogP contribution < -0.4 is 10.9 Å². The van der Waals surface area contributed by atoms with E-state index >= 15 is 0 Å². The highest BCUT2D eigenvalue weighted by molar-refractivity contribution is 5.48. The standard InChI is InChI=1S/C11H18N2O.C3H6O/c1-4-9(8-12-2)10-6-5-7-11(14)13(10)3;1-2-3-4/h5-7,9,12H,4,8H2,1-3H3;3H,2H2,1H3. The Balaban J connectivity index is 0.000000631. The van der Waals surface area contributed by atoms with Gasteiger partial charge in [-0.3, -0.25) is 4.79 Å². The number of rotatable bonds is 5. The first-order valence-electron chi connectivity index (χ1n) is 6.36. The molecule has 4 heteroatoms. The van der Waals surface area contributed by atoms with E-state index in [-0.39, 0.29) is 5.56 Å². The number of hydrogen-bond acceptors (Lipinski definition) is 3. The molecule has 1 atom stereocenters. The Morgan fingerprint density at radius 2 is 2.00 bits per heavy atom. The summed E-state index contributed by atoms with van der Waals surface area (Å²) in [5.74, 6) is 0.416. The van der Waals surface area contributed by atoms with E-state index in [1.165, 1.54) is 0 Å².